The summed E-state index contributed by atoms with van der Waals surface area (Å²) in [7, 11) is 0. The largest absolute Gasteiger partial charge is 0.350 e. The van der Waals surface area contributed by atoms with Crippen molar-refractivity contribution in [1.29, 1.82) is 0 Å². The van der Waals surface area contributed by atoms with Gasteiger partial charge in [-0.15, -0.1) is 11.3 Å². The molecule has 1 saturated heterocycles. The zero-order valence-corrected chi connectivity index (χ0v) is 17.2. The van der Waals surface area contributed by atoms with Gasteiger partial charge in [0.25, 0.3) is 0 Å². The van der Waals surface area contributed by atoms with Gasteiger partial charge in [-0.1, -0.05) is 18.2 Å². The molecular formula is C21H29N3O3S. The first-order valence-electron chi connectivity index (χ1n) is 9.96. The Hall–Kier alpha value is -1.96. The van der Waals surface area contributed by atoms with Crippen LogP contribution in [-0.2, 0) is 16.1 Å². The van der Waals surface area contributed by atoms with Crippen molar-refractivity contribution in [3.63, 3.8) is 0 Å². The first-order valence-corrected chi connectivity index (χ1v) is 10.8. The highest BCUT2D eigenvalue weighted by Gasteiger charge is 2.21. The lowest BCUT2D eigenvalue weighted by atomic mass is 9.91. The summed E-state index contributed by atoms with van der Waals surface area (Å²) in [6.45, 7) is 5.00. The number of nitrogens with zero attached hydrogens (tertiary/aromatic N) is 1. The molecule has 3 rings (SSSR count). The Morgan fingerprint density at radius 2 is 1.96 bits per heavy atom. The Labute approximate surface area is 169 Å². The fraction of sp³-hybridized carbons (Fsp3) is 0.524. The number of carbonyl (C=O) groups excluding carboxylic acids is 2. The minimum atomic E-state index is -0.317. The van der Waals surface area contributed by atoms with Crippen LogP contribution < -0.4 is 10.8 Å². The van der Waals surface area contributed by atoms with Gasteiger partial charge in [0, 0.05) is 16.0 Å². The Bertz CT molecular complexity index is 812. The monoisotopic (exact) mass is 403 g/mol. The van der Waals surface area contributed by atoms with Crippen LogP contribution in [0.2, 0.25) is 0 Å². The molecule has 0 aliphatic carbocycles. The third kappa shape index (κ3) is 5.53. The zero-order chi connectivity index (χ0) is 19.9. The Morgan fingerprint density at radius 3 is 2.68 bits per heavy atom. The van der Waals surface area contributed by atoms with Gasteiger partial charge in [0.15, 0.2) is 0 Å². The molecule has 2 aromatic rings. The summed E-state index contributed by atoms with van der Waals surface area (Å²) in [5.41, 5.74) is 2.94. The summed E-state index contributed by atoms with van der Waals surface area (Å²) in [5.74, 6) is 0.366. The zero-order valence-electron chi connectivity index (χ0n) is 16.4. The number of hydrogen-bond donors (Lipinski definition) is 3. The van der Waals surface area contributed by atoms with Crippen LogP contribution in [0.15, 0.2) is 24.3 Å². The lowest BCUT2D eigenvalue weighted by molar-refractivity contribution is -0.129. The van der Waals surface area contributed by atoms with E-state index in [9.17, 15) is 9.59 Å². The van der Waals surface area contributed by atoms with E-state index in [2.05, 4.69) is 35.3 Å². The molecule has 1 fully saturated rings. The highest BCUT2D eigenvalue weighted by atomic mass is 32.1. The molecule has 1 aliphatic rings. The van der Waals surface area contributed by atoms with Crippen LogP contribution in [-0.4, -0.2) is 41.6 Å². The average molecular weight is 404 g/mol. The maximum atomic E-state index is 12.4. The molecule has 0 spiro atoms. The molecule has 2 amide bonds. The number of thiophene rings is 1. The number of likely N-dealkylation sites (tertiary alicyclic amines) is 1. The van der Waals surface area contributed by atoms with Crippen molar-refractivity contribution < 1.29 is 14.8 Å². The smallest absolute Gasteiger partial charge is 0.243 e. The average Bonchev–Trinajstić information content (AvgIpc) is 3.03. The van der Waals surface area contributed by atoms with Gasteiger partial charge in [0.2, 0.25) is 11.8 Å². The molecule has 3 N–H and O–H groups in total. The van der Waals surface area contributed by atoms with Gasteiger partial charge >= 0.3 is 0 Å². The summed E-state index contributed by atoms with van der Waals surface area (Å²) in [5, 5.41) is 12.9. The second kappa shape index (κ2) is 10.0. The molecule has 7 heteroatoms. The van der Waals surface area contributed by atoms with E-state index >= 15 is 0 Å². The van der Waals surface area contributed by atoms with E-state index in [0.717, 1.165) is 38.8 Å². The molecular weight excluding hydrogens is 374 g/mol. The fourth-order valence-electron chi connectivity index (χ4n) is 3.87. The van der Waals surface area contributed by atoms with Crippen LogP contribution in [0, 0.1) is 12.8 Å². The third-order valence-corrected chi connectivity index (χ3v) is 6.88. The molecule has 1 aliphatic heterocycles. The Kier molecular flexibility index (Phi) is 7.42. The van der Waals surface area contributed by atoms with E-state index in [4.69, 9.17) is 5.21 Å². The van der Waals surface area contributed by atoms with E-state index in [1.807, 2.05) is 6.07 Å². The normalized spacial score (nSPS) is 15.6. The maximum absolute atomic E-state index is 12.4. The lowest BCUT2D eigenvalue weighted by Crippen LogP contribution is -2.41. The van der Waals surface area contributed by atoms with Crippen molar-refractivity contribution in [2.45, 2.75) is 45.6 Å². The van der Waals surface area contributed by atoms with Crippen LogP contribution in [0.3, 0.4) is 0 Å². The van der Waals surface area contributed by atoms with Crippen molar-refractivity contribution in [2.24, 2.45) is 5.92 Å². The summed E-state index contributed by atoms with van der Waals surface area (Å²) in [4.78, 5) is 26.8. The number of carbonyl (C=O) groups is 2. The molecule has 0 bridgehead atoms. The summed E-state index contributed by atoms with van der Waals surface area (Å²) in [6.07, 6.45) is 4.29. The van der Waals surface area contributed by atoms with Gasteiger partial charge in [-0.3, -0.25) is 19.7 Å². The van der Waals surface area contributed by atoms with Gasteiger partial charge in [0.05, 0.1) is 13.1 Å². The number of hydrogen-bond acceptors (Lipinski definition) is 5. The molecule has 6 nitrogen and oxygen atoms in total. The second-order valence-corrected chi connectivity index (χ2v) is 8.71. The molecule has 1 aromatic heterocycles. The van der Waals surface area contributed by atoms with Crippen LogP contribution in [0.1, 0.15) is 42.5 Å². The molecule has 0 unspecified atom stereocenters. The minimum Gasteiger partial charge on any atom is -0.350 e. The predicted molar refractivity (Wildman–Crippen MR) is 111 cm³/mol. The predicted octanol–water partition coefficient (Wildman–Crippen LogP) is 3.21. The quantitative estimate of drug-likeness (QED) is 0.467. The highest BCUT2D eigenvalue weighted by molar-refractivity contribution is 7.19. The van der Waals surface area contributed by atoms with E-state index < -0.39 is 0 Å². The van der Waals surface area contributed by atoms with Gasteiger partial charge in [-0.05, 0) is 68.6 Å². The van der Waals surface area contributed by atoms with Gasteiger partial charge in [-0.25, -0.2) is 5.48 Å². The number of rotatable bonds is 8. The lowest BCUT2D eigenvalue weighted by Gasteiger charge is -2.31. The van der Waals surface area contributed by atoms with Crippen molar-refractivity contribution in [3.05, 3.63) is 34.7 Å². The number of hydroxylamine groups is 1. The van der Waals surface area contributed by atoms with Gasteiger partial charge in [0.1, 0.15) is 0 Å². The van der Waals surface area contributed by atoms with Crippen LogP contribution in [0.4, 0.5) is 0 Å². The number of benzene rings is 1. The van der Waals surface area contributed by atoms with Gasteiger partial charge in [-0.2, -0.15) is 0 Å². The SMILES string of the molecule is Cc1c(CNC(=O)CN2CCC(CCCC(=O)NO)CC2)sc2ccccc12. The Balaban J connectivity index is 1.37. The fourth-order valence-corrected chi connectivity index (χ4v) is 5.02. The van der Waals surface area contributed by atoms with Crippen LogP contribution in [0.25, 0.3) is 10.1 Å². The van der Waals surface area contributed by atoms with Crippen molar-refractivity contribution in [2.75, 3.05) is 19.6 Å². The van der Waals surface area contributed by atoms with E-state index in [-0.39, 0.29) is 11.8 Å². The number of fused-ring (bicyclic) bond motifs is 1. The first-order chi connectivity index (χ1) is 13.6. The van der Waals surface area contributed by atoms with Crippen molar-refractivity contribution >= 4 is 33.2 Å². The molecule has 152 valence electrons. The molecule has 0 atom stereocenters. The summed E-state index contributed by atoms with van der Waals surface area (Å²) < 4.78 is 1.27. The molecule has 0 radical (unpaired) electrons. The number of aryl methyl sites for hydroxylation is 1. The topological polar surface area (TPSA) is 81.7 Å². The van der Waals surface area contributed by atoms with E-state index in [1.165, 1.54) is 20.5 Å². The Morgan fingerprint density at radius 1 is 1.21 bits per heavy atom. The molecule has 1 aromatic carbocycles. The molecule has 2 heterocycles. The third-order valence-electron chi connectivity index (χ3n) is 5.60. The molecule has 28 heavy (non-hydrogen) atoms. The number of amides is 2. The van der Waals surface area contributed by atoms with Crippen molar-refractivity contribution in [1.82, 2.24) is 15.7 Å². The summed E-state index contributed by atoms with van der Waals surface area (Å²) in [6, 6.07) is 8.35. The van der Waals surface area contributed by atoms with E-state index in [1.54, 1.807) is 16.8 Å². The van der Waals surface area contributed by atoms with Crippen LogP contribution >= 0.6 is 11.3 Å². The van der Waals surface area contributed by atoms with E-state index in [0.29, 0.717) is 25.4 Å². The first kappa shape index (κ1) is 20.8. The standard InChI is InChI=1S/C21H29N3O3S/c1-15-17-6-2-3-7-18(17)28-19(15)13-22-21(26)14-24-11-9-16(10-12-24)5-4-8-20(25)23-27/h2-3,6-7,16,27H,4-5,8-14H2,1H3,(H,22,26)(H,23,25). The van der Waals surface area contributed by atoms with Gasteiger partial charge < -0.3 is 5.32 Å². The summed E-state index contributed by atoms with van der Waals surface area (Å²) >= 11 is 1.75. The molecule has 0 saturated carbocycles. The van der Waals surface area contributed by atoms with Crippen molar-refractivity contribution in [3.8, 4) is 0 Å². The number of nitrogens with one attached hydrogen (secondary N) is 2. The van der Waals surface area contributed by atoms with Crippen LogP contribution in [0.5, 0.6) is 0 Å². The number of piperidine rings is 1. The highest BCUT2D eigenvalue weighted by Crippen LogP contribution is 2.30. The second-order valence-electron chi connectivity index (χ2n) is 7.57. The maximum Gasteiger partial charge on any atom is 0.243 e. The minimum absolute atomic E-state index is 0.0786.